The molecule has 0 atom stereocenters. The SMILES string of the molecule is Nc1ncc(-c2nc(NCCc3ccncc3)nc(N3CCOCC3)n2)c(C(F)(F)F)n1. The number of nitrogens with zero attached hydrogens (tertiary/aromatic N) is 7. The molecule has 3 aromatic heterocycles. The van der Waals surface area contributed by atoms with E-state index in [9.17, 15) is 13.2 Å². The summed E-state index contributed by atoms with van der Waals surface area (Å²) >= 11 is 0. The van der Waals surface area contributed by atoms with Crippen LogP contribution in [0.3, 0.4) is 0 Å². The monoisotopic (exact) mass is 447 g/mol. The van der Waals surface area contributed by atoms with Crippen LogP contribution in [-0.2, 0) is 17.3 Å². The predicted molar refractivity (Wildman–Crippen MR) is 110 cm³/mol. The molecule has 168 valence electrons. The second-order valence-electron chi connectivity index (χ2n) is 6.90. The Bertz CT molecular complexity index is 1060. The number of ether oxygens (including phenoxy) is 1. The Kier molecular flexibility index (Phi) is 6.25. The summed E-state index contributed by atoms with van der Waals surface area (Å²) in [5, 5.41) is 3.07. The van der Waals surface area contributed by atoms with Gasteiger partial charge in [0.15, 0.2) is 11.5 Å². The molecule has 3 aromatic rings. The summed E-state index contributed by atoms with van der Waals surface area (Å²) in [7, 11) is 0. The van der Waals surface area contributed by atoms with Crippen molar-refractivity contribution in [2.24, 2.45) is 0 Å². The van der Waals surface area contributed by atoms with Gasteiger partial charge in [0, 0.05) is 38.2 Å². The number of hydrogen-bond donors (Lipinski definition) is 2. The maximum absolute atomic E-state index is 13.6. The summed E-state index contributed by atoms with van der Waals surface area (Å²) in [4.78, 5) is 25.8. The lowest BCUT2D eigenvalue weighted by atomic mass is 10.2. The molecule has 0 amide bonds. The Hall–Kier alpha value is -3.61. The highest BCUT2D eigenvalue weighted by Gasteiger charge is 2.37. The smallest absolute Gasteiger partial charge is 0.378 e. The van der Waals surface area contributed by atoms with E-state index < -0.39 is 17.8 Å². The predicted octanol–water partition coefficient (Wildman–Crippen LogP) is 1.82. The summed E-state index contributed by atoms with van der Waals surface area (Å²) in [6, 6.07) is 3.75. The van der Waals surface area contributed by atoms with Gasteiger partial charge in [-0.05, 0) is 24.1 Å². The van der Waals surface area contributed by atoms with Crippen molar-refractivity contribution in [1.82, 2.24) is 29.9 Å². The minimum atomic E-state index is -4.76. The van der Waals surface area contributed by atoms with Crippen molar-refractivity contribution in [3.63, 3.8) is 0 Å². The standard InChI is InChI=1S/C19H20F3N9O/c20-19(21,22)14-13(11-26-16(23)27-14)15-28-17(25-6-3-12-1-4-24-5-2-12)30-18(29-15)31-7-9-32-10-8-31/h1-2,4-5,11H,3,6-10H2,(H2,23,26,27)(H,25,28,29,30). The average molecular weight is 447 g/mol. The van der Waals surface area contributed by atoms with Crippen LogP contribution in [0.5, 0.6) is 0 Å². The van der Waals surface area contributed by atoms with E-state index in [1.165, 1.54) is 0 Å². The van der Waals surface area contributed by atoms with Crippen molar-refractivity contribution >= 4 is 17.8 Å². The third kappa shape index (κ3) is 5.17. The van der Waals surface area contributed by atoms with Gasteiger partial charge in [0.1, 0.15) is 0 Å². The quantitative estimate of drug-likeness (QED) is 0.577. The fourth-order valence-corrected chi connectivity index (χ4v) is 3.11. The largest absolute Gasteiger partial charge is 0.434 e. The number of pyridine rings is 1. The van der Waals surface area contributed by atoms with Crippen LogP contribution in [-0.4, -0.2) is 62.8 Å². The molecule has 4 rings (SSSR count). The first kappa shape index (κ1) is 21.6. The number of hydrogen-bond acceptors (Lipinski definition) is 10. The van der Waals surface area contributed by atoms with Crippen LogP contribution in [0.15, 0.2) is 30.7 Å². The van der Waals surface area contributed by atoms with Crippen LogP contribution in [0.25, 0.3) is 11.4 Å². The Morgan fingerprint density at radius 3 is 2.53 bits per heavy atom. The zero-order valence-corrected chi connectivity index (χ0v) is 16.9. The van der Waals surface area contributed by atoms with E-state index in [1.807, 2.05) is 17.0 Å². The third-order valence-corrected chi connectivity index (χ3v) is 4.68. The number of alkyl halides is 3. The maximum Gasteiger partial charge on any atom is 0.434 e. The van der Waals surface area contributed by atoms with Crippen LogP contribution in [0, 0.1) is 0 Å². The molecule has 0 aromatic carbocycles. The molecule has 0 bridgehead atoms. The fourth-order valence-electron chi connectivity index (χ4n) is 3.11. The lowest BCUT2D eigenvalue weighted by molar-refractivity contribution is -0.140. The zero-order chi connectivity index (χ0) is 22.6. The average Bonchev–Trinajstić information content (AvgIpc) is 2.79. The molecule has 1 aliphatic rings. The van der Waals surface area contributed by atoms with Crippen molar-refractivity contribution in [1.29, 1.82) is 0 Å². The highest BCUT2D eigenvalue weighted by atomic mass is 19.4. The molecule has 10 nitrogen and oxygen atoms in total. The number of morpholine rings is 1. The highest BCUT2D eigenvalue weighted by Crippen LogP contribution is 2.35. The van der Waals surface area contributed by atoms with Gasteiger partial charge < -0.3 is 20.7 Å². The lowest BCUT2D eigenvalue weighted by Gasteiger charge is -2.27. The molecular weight excluding hydrogens is 427 g/mol. The van der Waals surface area contributed by atoms with Gasteiger partial charge in [0.05, 0.1) is 18.8 Å². The van der Waals surface area contributed by atoms with E-state index >= 15 is 0 Å². The summed E-state index contributed by atoms with van der Waals surface area (Å²) < 4.78 is 46.1. The minimum Gasteiger partial charge on any atom is -0.378 e. The van der Waals surface area contributed by atoms with Crippen LogP contribution in [0.4, 0.5) is 31.0 Å². The first-order valence-corrected chi connectivity index (χ1v) is 9.82. The Morgan fingerprint density at radius 1 is 1.06 bits per heavy atom. The van der Waals surface area contributed by atoms with Crippen molar-refractivity contribution in [3.05, 3.63) is 42.0 Å². The Morgan fingerprint density at radius 2 is 1.81 bits per heavy atom. The molecule has 0 spiro atoms. The molecule has 4 heterocycles. The number of nitrogens with two attached hydrogens (primary N) is 1. The van der Waals surface area contributed by atoms with Crippen molar-refractivity contribution in [2.75, 3.05) is 48.8 Å². The van der Waals surface area contributed by atoms with Crippen LogP contribution in [0.1, 0.15) is 11.3 Å². The van der Waals surface area contributed by atoms with Gasteiger partial charge in [0.25, 0.3) is 0 Å². The van der Waals surface area contributed by atoms with E-state index in [1.54, 1.807) is 12.4 Å². The maximum atomic E-state index is 13.6. The van der Waals surface area contributed by atoms with E-state index in [0.717, 1.165) is 11.8 Å². The molecule has 0 radical (unpaired) electrons. The van der Waals surface area contributed by atoms with Gasteiger partial charge in [0.2, 0.25) is 17.8 Å². The van der Waals surface area contributed by atoms with E-state index in [0.29, 0.717) is 39.3 Å². The second-order valence-corrected chi connectivity index (χ2v) is 6.90. The second kappa shape index (κ2) is 9.26. The Balaban J connectivity index is 1.68. The summed E-state index contributed by atoms with van der Waals surface area (Å²) in [5.74, 6) is -0.287. The van der Waals surface area contributed by atoms with Gasteiger partial charge >= 0.3 is 6.18 Å². The summed E-state index contributed by atoms with van der Waals surface area (Å²) in [6.45, 7) is 2.39. The summed E-state index contributed by atoms with van der Waals surface area (Å²) in [5.41, 5.74) is 4.85. The van der Waals surface area contributed by atoms with Gasteiger partial charge in [-0.1, -0.05) is 0 Å². The molecule has 1 aliphatic heterocycles. The van der Waals surface area contributed by atoms with Crippen molar-refractivity contribution in [3.8, 4) is 11.4 Å². The normalized spacial score (nSPS) is 14.4. The first-order valence-electron chi connectivity index (χ1n) is 9.82. The molecule has 1 fully saturated rings. The number of nitrogen functional groups attached to an aromatic ring is 1. The van der Waals surface area contributed by atoms with Crippen LogP contribution >= 0.6 is 0 Å². The van der Waals surface area contributed by atoms with Gasteiger partial charge in [-0.2, -0.15) is 28.1 Å². The van der Waals surface area contributed by atoms with E-state index in [-0.39, 0.29) is 23.3 Å². The minimum absolute atomic E-state index is 0.149. The molecule has 1 saturated heterocycles. The summed E-state index contributed by atoms with van der Waals surface area (Å²) in [6.07, 6.45) is 0.242. The zero-order valence-electron chi connectivity index (χ0n) is 16.9. The number of aromatic nitrogens is 6. The van der Waals surface area contributed by atoms with Crippen LogP contribution in [0.2, 0.25) is 0 Å². The number of anilines is 3. The van der Waals surface area contributed by atoms with Crippen LogP contribution < -0.4 is 16.0 Å². The molecule has 13 heteroatoms. The van der Waals surface area contributed by atoms with E-state index in [4.69, 9.17) is 10.5 Å². The van der Waals surface area contributed by atoms with E-state index in [2.05, 4.69) is 35.2 Å². The fraction of sp³-hybridized carbons (Fsp3) is 0.368. The van der Waals surface area contributed by atoms with Gasteiger partial charge in [-0.15, -0.1) is 0 Å². The molecule has 3 N–H and O–H groups in total. The topological polar surface area (TPSA) is 128 Å². The molecule has 32 heavy (non-hydrogen) atoms. The van der Waals surface area contributed by atoms with Crippen molar-refractivity contribution < 1.29 is 17.9 Å². The third-order valence-electron chi connectivity index (χ3n) is 4.68. The molecule has 0 unspecified atom stereocenters. The lowest BCUT2D eigenvalue weighted by Crippen LogP contribution is -2.37. The first-order chi connectivity index (χ1) is 15.4. The number of halogens is 3. The Labute approximate surface area is 181 Å². The van der Waals surface area contributed by atoms with Crippen molar-refractivity contribution in [2.45, 2.75) is 12.6 Å². The molecule has 0 aliphatic carbocycles. The highest BCUT2D eigenvalue weighted by molar-refractivity contribution is 5.61. The van der Waals surface area contributed by atoms with Gasteiger partial charge in [-0.3, -0.25) is 4.98 Å². The van der Waals surface area contributed by atoms with Gasteiger partial charge in [-0.25, -0.2) is 9.97 Å². The number of nitrogens with one attached hydrogen (secondary N) is 1. The number of rotatable bonds is 6. The molecular formula is C19H20F3N9O. The molecule has 0 saturated carbocycles.